The summed E-state index contributed by atoms with van der Waals surface area (Å²) in [6.07, 6.45) is 3.72. The van der Waals surface area contributed by atoms with Crippen molar-refractivity contribution in [1.29, 1.82) is 0 Å². The van der Waals surface area contributed by atoms with Crippen LogP contribution in [0.2, 0.25) is 0 Å². The Hall–Kier alpha value is -1.66. The van der Waals surface area contributed by atoms with Gasteiger partial charge < -0.3 is 19.6 Å². The lowest BCUT2D eigenvalue weighted by Gasteiger charge is -2.32. The van der Waals surface area contributed by atoms with Crippen LogP contribution in [0.4, 0.5) is 5.82 Å². The van der Waals surface area contributed by atoms with Crippen molar-refractivity contribution in [3.05, 3.63) is 23.9 Å². The van der Waals surface area contributed by atoms with Crippen LogP contribution in [0.1, 0.15) is 23.2 Å². The third kappa shape index (κ3) is 4.15. The van der Waals surface area contributed by atoms with E-state index in [2.05, 4.69) is 9.88 Å². The molecule has 6 nitrogen and oxygen atoms in total. The SMILES string of the molecule is CN(C)C(=O)c1ccc(N2CCC(OCCO)CC2)nc1. The molecule has 2 rings (SSSR count). The lowest BCUT2D eigenvalue weighted by Crippen LogP contribution is -2.37. The second-order valence-electron chi connectivity index (χ2n) is 5.39. The molecule has 1 aromatic heterocycles. The van der Waals surface area contributed by atoms with Gasteiger partial charge in [0.25, 0.3) is 5.91 Å². The summed E-state index contributed by atoms with van der Waals surface area (Å²) in [5, 5.41) is 8.76. The molecular weight excluding hydrogens is 270 g/mol. The first-order valence-electron chi connectivity index (χ1n) is 7.27. The molecule has 1 aliphatic heterocycles. The summed E-state index contributed by atoms with van der Waals surface area (Å²) in [7, 11) is 3.46. The Morgan fingerprint density at radius 2 is 2.14 bits per heavy atom. The van der Waals surface area contributed by atoms with Crippen molar-refractivity contribution in [1.82, 2.24) is 9.88 Å². The Labute approximate surface area is 125 Å². The molecule has 6 heteroatoms. The summed E-state index contributed by atoms with van der Waals surface area (Å²) in [5.41, 5.74) is 0.602. The summed E-state index contributed by atoms with van der Waals surface area (Å²) in [6.45, 7) is 2.24. The predicted octanol–water partition coefficient (Wildman–Crippen LogP) is 0.761. The second kappa shape index (κ2) is 7.38. The minimum Gasteiger partial charge on any atom is -0.394 e. The molecule has 1 aliphatic rings. The Balaban J connectivity index is 1.90. The molecular formula is C15H23N3O3. The van der Waals surface area contributed by atoms with Gasteiger partial charge in [-0.05, 0) is 25.0 Å². The molecule has 0 radical (unpaired) electrons. The van der Waals surface area contributed by atoms with Crippen LogP contribution in [-0.4, -0.2) is 67.4 Å². The summed E-state index contributed by atoms with van der Waals surface area (Å²) in [5.74, 6) is 0.857. The molecule has 21 heavy (non-hydrogen) atoms. The maximum absolute atomic E-state index is 11.8. The van der Waals surface area contributed by atoms with Gasteiger partial charge in [-0.25, -0.2) is 4.98 Å². The van der Waals surface area contributed by atoms with Gasteiger partial charge in [0.05, 0.1) is 24.9 Å². The summed E-state index contributed by atoms with van der Waals surface area (Å²) >= 11 is 0. The number of anilines is 1. The molecule has 2 heterocycles. The standard InChI is InChI=1S/C15H23N3O3/c1-17(2)15(20)12-3-4-14(16-11-12)18-7-5-13(6-8-18)21-10-9-19/h3-4,11,13,19H,5-10H2,1-2H3. The van der Waals surface area contributed by atoms with Crippen LogP contribution in [0, 0.1) is 0 Å². The zero-order chi connectivity index (χ0) is 15.2. The topological polar surface area (TPSA) is 65.9 Å². The van der Waals surface area contributed by atoms with E-state index in [9.17, 15) is 4.79 Å². The molecule has 0 unspecified atom stereocenters. The molecule has 0 aromatic carbocycles. The Morgan fingerprint density at radius 3 is 2.67 bits per heavy atom. The van der Waals surface area contributed by atoms with Crippen molar-refractivity contribution in [2.24, 2.45) is 0 Å². The monoisotopic (exact) mass is 293 g/mol. The number of carbonyl (C=O) groups excluding carboxylic acids is 1. The van der Waals surface area contributed by atoms with E-state index in [0.29, 0.717) is 12.2 Å². The molecule has 0 bridgehead atoms. The van der Waals surface area contributed by atoms with Gasteiger partial charge in [0.1, 0.15) is 5.82 Å². The highest BCUT2D eigenvalue weighted by molar-refractivity contribution is 5.93. The number of hydrogen-bond donors (Lipinski definition) is 1. The van der Waals surface area contributed by atoms with Crippen molar-refractivity contribution >= 4 is 11.7 Å². The van der Waals surface area contributed by atoms with Crippen molar-refractivity contribution < 1.29 is 14.6 Å². The molecule has 0 spiro atoms. The van der Waals surface area contributed by atoms with Gasteiger partial charge >= 0.3 is 0 Å². The number of carbonyl (C=O) groups is 1. The Kier molecular flexibility index (Phi) is 5.52. The van der Waals surface area contributed by atoms with E-state index in [1.807, 2.05) is 12.1 Å². The molecule has 1 saturated heterocycles. The normalized spacial score (nSPS) is 16.0. The van der Waals surface area contributed by atoms with Crippen molar-refractivity contribution in [3.63, 3.8) is 0 Å². The van der Waals surface area contributed by atoms with Crippen LogP contribution in [-0.2, 0) is 4.74 Å². The Morgan fingerprint density at radius 1 is 1.43 bits per heavy atom. The highest BCUT2D eigenvalue weighted by Gasteiger charge is 2.20. The van der Waals surface area contributed by atoms with Gasteiger partial charge in [-0.3, -0.25) is 4.79 Å². The first kappa shape index (κ1) is 15.7. The van der Waals surface area contributed by atoms with Crippen molar-refractivity contribution in [2.45, 2.75) is 18.9 Å². The molecule has 0 atom stereocenters. The van der Waals surface area contributed by atoms with Gasteiger partial charge in [0.15, 0.2) is 0 Å². The van der Waals surface area contributed by atoms with E-state index in [4.69, 9.17) is 9.84 Å². The van der Waals surface area contributed by atoms with Crippen molar-refractivity contribution in [2.75, 3.05) is 45.3 Å². The first-order valence-corrected chi connectivity index (χ1v) is 7.27. The minimum atomic E-state index is -0.0369. The highest BCUT2D eigenvalue weighted by atomic mass is 16.5. The third-order valence-electron chi connectivity index (χ3n) is 3.61. The predicted molar refractivity (Wildman–Crippen MR) is 80.5 cm³/mol. The van der Waals surface area contributed by atoms with Gasteiger partial charge in [-0.1, -0.05) is 0 Å². The molecule has 0 saturated carbocycles. The average Bonchev–Trinajstić information content (AvgIpc) is 2.53. The van der Waals surface area contributed by atoms with Crippen LogP contribution in [0.3, 0.4) is 0 Å². The largest absolute Gasteiger partial charge is 0.394 e. The molecule has 1 N–H and O–H groups in total. The molecule has 1 fully saturated rings. The average molecular weight is 293 g/mol. The lowest BCUT2D eigenvalue weighted by molar-refractivity contribution is 0.0158. The highest BCUT2D eigenvalue weighted by Crippen LogP contribution is 2.20. The van der Waals surface area contributed by atoms with E-state index in [0.717, 1.165) is 31.7 Å². The van der Waals surface area contributed by atoms with Gasteiger partial charge in [-0.15, -0.1) is 0 Å². The number of ether oxygens (including phenoxy) is 1. The molecule has 1 amide bonds. The van der Waals surface area contributed by atoms with Crippen LogP contribution in [0.25, 0.3) is 0 Å². The number of amides is 1. The number of rotatable bonds is 5. The molecule has 1 aromatic rings. The number of aromatic nitrogens is 1. The quantitative estimate of drug-likeness (QED) is 0.868. The van der Waals surface area contributed by atoms with Crippen LogP contribution >= 0.6 is 0 Å². The van der Waals surface area contributed by atoms with Crippen LogP contribution in [0.5, 0.6) is 0 Å². The number of piperidine rings is 1. The third-order valence-corrected chi connectivity index (χ3v) is 3.61. The van der Waals surface area contributed by atoms with Crippen molar-refractivity contribution in [3.8, 4) is 0 Å². The van der Waals surface area contributed by atoms with Crippen LogP contribution in [0.15, 0.2) is 18.3 Å². The number of nitrogens with zero attached hydrogens (tertiary/aromatic N) is 3. The number of aliphatic hydroxyl groups is 1. The lowest BCUT2D eigenvalue weighted by atomic mass is 10.1. The van der Waals surface area contributed by atoms with E-state index < -0.39 is 0 Å². The Bertz CT molecular complexity index is 454. The van der Waals surface area contributed by atoms with Gasteiger partial charge in [-0.2, -0.15) is 0 Å². The van der Waals surface area contributed by atoms with Gasteiger partial charge in [0, 0.05) is 33.4 Å². The van der Waals surface area contributed by atoms with E-state index in [-0.39, 0.29) is 18.6 Å². The number of aliphatic hydroxyl groups excluding tert-OH is 1. The first-order chi connectivity index (χ1) is 10.1. The molecule has 0 aliphatic carbocycles. The fourth-order valence-electron chi connectivity index (χ4n) is 2.43. The maximum atomic E-state index is 11.8. The van der Waals surface area contributed by atoms with E-state index >= 15 is 0 Å². The fourth-order valence-corrected chi connectivity index (χ4v) is 2.43. The summed E-state index contributed by atoms with van der Waals surface area (Å²) in [6, 6.07) is 3.71. The van der Waals surface area contributed by atoms with Crippen LogP contribution < -0.4 is 4.90 Å². The zero-order valence-electron chi connectivity index (χ0n) is 12.7. The summed E-state index contributed by atoms with van der Waals surface area (Å²) in [4.78, 5) is 19.9. The summed E-state index contributed by atoms with van der Waals surface area (Å²) < 4.78 is 5.55. The zero-order valence-corrected chi connectivity index (χ0v) is 12.7. The van der Waals surface area contributed by atoms with Gasteiger partial charge in [0.2, 0.25) is 0 Å². The van der Waals surface area contributed by atoms with E-state index in [1.54, 1.807) is 25.2 Å². The number of pyridine rings is 1. The number of hydrogen-bond acceptors (Lipinski definition) is 5. The van der Waals surface area contributed by atoms with E-state index in [1.165, 1.54) is 0 Å². The second-order valence-corrected chi connectivity index (χ2v) is 5.39. The minimum absolute atomic E-state index is 0.0369. The smallest absolute Gasteiger partial charge is 0.254 e. The molecule has 116 valence electrons. The maximum Gasteiger partial charge on any atom is 0.254 e. The fraction of sp³-hybridized carbons (Fsp3) is 0.600.